The molecule has 1 N–H and O–H groups in total. The van der Waals surface area contributed by atoms with Crippen LogP contribution in [0.2, 0.25) is 0 Å². The number of methoxy groups -OCH3 is 3. The smallest absolute Gasteiger partial charge is 0.293 e. The van der Waals surface area contributed by atoms with Crippen LogP contribution in [0, 0.1) is 13.8 Å². The van der Waals surface area contributed by atoms with Crippen LogP contribution in [0.25, 0.3) is 11.8 Å². The van der Waals surface area contributed by atoms with Crippen LogP contribution in [0.1, 0.15) is 16.7 Å². The fraction of sp³-hybridized carbons (Fsp3) is 0.308. The van der Waals surface area contributed by atoms with Gasteiger partial charge in [0.05, 0.1) is 37.7 Å². The number of imide groups is 1. The van der Waals surface area contributed by atoms with E-state index in [0.717, 1.165) is 33.5 Å². The number of hydrogen-bond donors (Lipinski definition) is 1. The number of hydrogen-bond acceptors (Lipinski definition) is 11. The third kappa shape index (κ3) is 6.39. The van der Waals surface area contributed by atoms with Gasteiger partial charge in [0, 0.05) is 13.1 Å². The summed E-state index contributed by atoms with van der Waals surface area (Å²) in [5.41, 5.74) is 3.51. The Morgan fingerprint density at radius 2 is 1.80 bits per heavy atom. The molecule has 2 aromatic carbocycles. The summed E-state index contributed by atoms with van der Waals surface area (Å²) in [6.45, 7) is 4.08. The number of carbonyl (C=O) groups is 3. The largest absolute Gasteiger partial charge is 0.493 e. The van der Waals surface area contributed by atoms with Crippen LogP contribution >= 0.6 is 23.5 Å². The van der Waals surface area contributed by atoms with E-state index in [1.807, 2.05) is 32.0 Å². The maximum atomic E-state index is 12.9. The van der Waals surface area contributed by atoms with Crippen molar-refractivity contribution < 1.29 is 28.6 Å². The van der Waals surface area contributed by atoms with E-state index in [2.05, 4.69) is 20.8 Å². The lowest BCUT2D eigenvalue weighted by Gasteiger charge is -2.13. The van der Waals surface area contributed by atoms with Crippen molar-refractivity contribution in [3.63, 3.8) is 0 Å². The van der Waals surface area contributed by atoms with E-state index in [-0.39, 0.29) is 29.7 Å². The first kappa shape index (κ1) is 29.0. The third-order valence-electron chi connectivity index (χ3n) is 5.88. The Kier molecular flexibility index (Phi) is 9.32. The standard InChI is InChI=1S/C26H28N6O6S2/c1-15-6-7-16(2)18(10-15)32-25(28-29-30-32)39-14-22(33)27-8-9-31-24(34)21(40-26(31)35)13-17-11-19(36-3)23(38-5)20(12-17)37-4/h6-7,10-13H,8-9,14H2,1-5H3,(H,27,33). The maximum Gasteiger partial charge on any atom is 0.293 e. The van der Waals surface area contributed by atoms with Crippen molar-refractivity contribution in [2.45, 2.75) is 19.0 Å². The number of thioether (sulfide) groups is 2. The highest BCUT2D eigenvalue weighted by Crippen LogP contribution is 2.40. The van der Waals surface area contributed by atoms with E-state index >= 15 is 0 Å². The fourth-order valence-corrected chi connectivity index (χ4v) is 5.46. The summed E-state index contributed by atoms with van der Waals surface area (Å²) in [5, 5.41) is 14.6. The summed E-state index contributed by atoms with van der Waals surface area (Å²) in [7, 11) is 4.49. The molecule has 1 saturated heterocycles. The molecule has 0 bridgehead atoms. The van der Waals surface area contributed by atoms with Crippen LogP contribution in [0.4, 0.5) is 4.79 Å². The van der Waals surface area contributed by atoms with Crippen molar-refractivity contribution in [2.24, 2.45) is 0 Å². The van der Waals surface area contributed by atoms with Crippen molar-refractivity contribution >= 4 is 46.7 Å². The molecule has 0 radical (unpaired) electrons. The molecule has 0 atom stereocenters. The molecule has 1 aliphatic rings. The van der Waals surface area contributed by atoms with Gasteiger partial charge in [0.25, 0.3) is 11.1 Å². The van der Waals surface area contributed by atoms with Gasteiger partial charge in [-0.25, -0.2) is 0 Å². The maximum absolute atomic E-state index is 12.9. The predicted octanol–water partition coefficient (Wildman–Crippen LogP) is 3.25. The topological polar surface area (TPSA) is 138 Å². The highest BCUT2D eigenvalue weighted by Gasteiger charge is 2.34. The van der Waals surface area contributed by atoms with Crippen LogP contribution in [-0.4, -0.2) is 82.3 Å². The Balaban J connectivity index is 1.33. The molecule has 1 aliphatic heterocycles. The minimum absolute atomic E-state index is 0.0356. The molecule has 3 aromatic rings. The summed E-state index contributed by atoms with van der Waals surface area (Å²) in [6, 6.07) is 9.33. The molecule has 210 valence electrons. The molecule has 1 fully saturated rings. The quantitative estimate of drug-likeness (QED) is 0.263. The molecular formula is C26H28N6O6S2. The first-order valence-electron chi connectivity index (χ1n) is 12.1. The number of aromatic nitrogens is 4. The lowest BCUT2D eigenvalue weighted by atomic mass is 10.1. The van der Waals surface area contributed by atoms with Crippen molar-refractivity contribution in [2.75, 3.05) is 40.2 Å². The summed E-state index contributed by atoms with van der Waals surface area (Å²) in [4.78, 5) is 39.3. The lowest BCUT2D eigenvalue weighted by molar-refractivity contribution is -0.123. The summed E-state index contributed by atoms with van der Waals surface area (Å²) in [6.07, 6.45) is 1.59. The van der Waals surface area contributed by atoms with Gasteiger partial charge in [-0.05, 0) is 77.0 Å². The van der Waals surface area contributed by atoms with Gasteiger partial charge in [-0.2, -0.15) is 4.68 Å². The number of amides is 3. The second-order valence-electron chi connectivity index (χ2n) is 8.59. The molecular weight excluding hydrogens is 556 g/mol. The summed E-state index contributed by atoms with van der Waals surface area (Å²) < 4.78 is 17.6. The van der Waals surface area contributed by atoms with Crippen molar-refractivity contribution in [1.29, 1.82) is 0 Å². The molecule has 4 rings (SSSR count). The van der Waals surface area contributed by atoms with Gasteiger partial charge in [-0.15, -0.1) is 5.10 Å². The molecule has 0 aliphatic carbocycles. The van der Waals surface area contributed by atoms with E-state index in [0.29, 0.717) is 28.0 Å². The second-order valence-corrected chi connectivity index (χ2v) is 10.5. The predicted molar refractivity (Wildman–Crippen MR) is 151 cm³/mol. The van der Waals surface area contributed by atoms with Gasteiger partial charge in [0.2, 0.25) is 16.8 Å². The zero-order chi connectivity index (χ0) is 28.8. The molecule has 0 unspecified atom stereocenters. The van der Waals surface area contributed by atoms with E-state index in [1.54, 1.807) is 22.9 Å². The van der Waals surface area contributed by atoms with Gasteiger partial charge in [0.1, 0.15) is 0 Å². The third-order valence-corrected chi connectivity index (χ3v) is 7.71. The highest BCUT2D eigenvalue weighted by atomic mass is 32.2. The SMILES string of the molecule is COc1cc(C=C2SC(=O)N(CCNC(=O)CSc3nnnn3-c3cc(C)ccc3C)C2=O)cc(OC)c1OC. The van der Waals surface area contributed by atoms with Crippen LogP contribution in [0.5, 0.6) is 17.2 Å². The molecule has 1 aromatic heterocycles. The number of ether oxygens (including phenoxy) is 3. The molecule has 40 heavy (non-hydrogen) atoms. The van der Waals surface area contributed by atoms with Crippen molar-refractivity contribution in [3.8, 4) is 22.9 Å². The fourth-order valence-electron chi connectivity index (χ4n) is 3.88. The second kappa shape index (κ2) is 12.9. The molecule has 2 heterocycles. The minimum atomic E-state index is -0.444. The first-order valence-corrected chi connectivity index (χ1v) is 13.9. The average Bonchev–Trinajstić information content (AvgIpc) is 3.52. The number of tetrazole rings is 1. The Bertz CT molecular complexity index is 1450. The Labute approximate surface area is 239 Å². The van der Waals surface area contributed by atoms with Gasteiger partial charge < -0.3 is 19.5 Å². The molecule has 12 nitrogen and oxygen atoms in total. The molecule has 0 spiro atoms. The van der Waals surface area contributed by atoms with Crippen LogP contribution in [0.3, 0.4) is 0 Å². The number of nitrogens with one attached hydrogen (secondary N) is 1. The van der Waals surface area contributed by atoms with Crippen molar-refractivity contribution in [1.82, 2.24) is 30.4 Å². The summed E-state index contributed by atoms with van der Waals surface area (Å²) in [5.74, 6) is 0.618. The van der Waals surface area contributed by atoms with Crippen LogP contribution < -0.4 is 19.5 Å². The average molecular weight is 585 g/mol. The Morgan fingerprint density at radius 1 is 1.07 bits per heavy atom. The normalized spacial score (nSPS) is 14.1. The van der Waals surface area contributed by atoms with Crippen LogP contribution in [0.15, 0.2) is 40.4 Å². The van der Waals surface area contributed by atoms with Crippen LogP contribution in [-0.2, 0) is 9.59 Å². The van der Waals surface area contributed by atoms with E-state index < -0.39 is 11.1 Å². The molecule has 14 heteroatoms. The van der Waals surface area contributed by atoms with Crippen molar-refractivity contribution in [3.05, 3.63) is 51.9 Å². The van der Waals surface area contributed by atoms with E-state index in [1.165, 1.54) is 33.1 Å². The van der Waals surface area contributed by atoms with Gasteiger partial charge >= 0.3 is 0 Å². The summed E-state index contributed by atoms with van der Waals surface area (Å²) >= 11 is 2.02. The van der Waals surface area contributed by atoms with Gasteiger partial charge in [0.15, 0.2) is 11.5 Å². The lowest BCUT2D eigenvalue weighted by Crippen LogP contribution is -2.37. The molecule has 0 saturated carbocycles. The number of benzene rings is 2. The number of nitrogens with zero attached hydrogens (tertiary/aromatic N) is 5. The zero-order valence-corrected chi connectivity index (χ0v) is 24.2. The monoisotopic (exact) mass is 584 g/mol. The number of carbonyl (C=O) groups excluding carboxylic acids is 3. The Hall–Kier alpha value is -4.04. The first-order chi connectivity index (χ1) is 19.2. The van der Waals surface area contributed by atoms with E-state index in [4.69, 9.17) is 14.2 Å². The number of aryl methyl sites for hydroxylation is 2. The Morgan fingerprint density at radius 3 is 2.48 bits per heavy atom. The van der Waals surface area contributed by atoms with Gasteiger partial charge in [-0.1, -0.05) is 23.9 Å². The number of rotatable bonds is 11. The van der Waals surface area contributed by atoms with Gasteiger partial charge in [-0.3, -0.25) is 19.3 Å². The molecule has 3 amide bonds. The van der Waals surface area contributed by atoms with E-state index in [9.17, 15) is 14.4 Å². The zero-order valence-electron chi connectivity index (χ0n) is 22.6. The minimum Gasteiger partial charge on any atom is -0.493 e. The highest BCUT2D eigenvalue weighted by molar-refractivity contribution is 8.18.